The normalized spacial score (nSPS) is 10.4. The standard InChI is InChI=1S/C10H16N2O2/c13-8-7-11-5-1-3-9-4-2-6-12-10(9)14/h2,4,6,11,13H,1,3,5,7-8H2,(H,12,14). The van der Waals surface area contributed by atoms with Crippen molar-refractivity contribution in [2.75, 3.05) is 19.7 Å². The van der Waals surface area contributed by atoms with E-state index in [-0.39, 0.29) is 12.2 Å². The Morgan fingerprint density at radius 1 is 1.43 bits per heavy atom. The minimum atomic E-state index is -0.00495. The van der Waals surface area contributed by atoms with E-state index >= 15 is 0 Å². The average molecular weight is 196 g/mol. The number of H-pyrrole nitrogens is 1. The highest BCUT2D eigenvalue weighted by atomic mass is 16.3. The third kappa shape index (κ3) is 3.72. The third-order valence-electron chi connectivity index (χ3n) is 1.99. The molecule has 1 heterocycles. The Kier molecular flexibility index (Phi) is 4.96. The predicted molar refractivity (Wildman–Crippen MR) is 55.3 cm³/mol. The molecule has 4 heteroatoms. The Balaban J connectivity index is 2.25. The number of rotatable bonds is 6. The van der Waals surface area contributed by atoms with Gasteiger partial charge in [-0.3, -0.25) is 4.79 Å². The SMILES string of the molecule is O=c1[nH]cccc1CCCNCCO. The number of aliphatic hydroxyl groups is 1. The molecule has 14 heavy (non-hydrogen) atoms. The average Bonchev–Trinajstić information content (AvgIpc) is 2.20. The Bertz CT molecular complexity index is 309. The molecule has 0 atom stereocenters. The van der Waals surface area contributed by atoms with Crippen molar-refractivity contribution >= 4 is 0 Å². The van der Waals surface area contributed by atoms with Gasteiger partial charge in [-0.05, 0) is 25.5 Å². The molecule has 1 aromatic heterocycles. The Morgan fingerprint density at radius 3 is 3.00 bits per heavy atom. The summed E-state index contributed by atoms with van der Waals surface area (Å²) in [4.78, 5) is 13.9. The molecule has 0 bridgehead atoms. The molecule has 0 fully saturated rings. The van der Waals surface area contributed by atoms with Crippen molar-refractivity contribution in [3.8, 4) is 0 Å². The summed E-state index contributed by atoms with van der Waals surface area (Å²) in [7, 11) is 0. The number of pyridine rings is 1. The molecule has 0 aromatic carbocycles. The minimum Gasteiger partial charge on any atom is -0.395 e. The van der Waals surface area contributed by atoms with Gasteiger partial charge in [-0.2, -0.15) is 0 Å². The van der Waals surface area contributed by atoms with E-state index in [9.17, 15) is 4.79 Å². The van der Waals surface area contributed by atoms with Crippen LogP contribution < -0.4 is 10.9 Å². The largest absolute Gasteiger partial charge is 0.395 e. The number of aliphatic hydroxyl groups excluding tert-OH is 1. The maximum absolute atomic E-state index is 11.2. The van der Waals surface area contributed by atoms with E-state index in [1.165, 1.54) is 0 Å². The van der Waals surface area contributed by atoms with Crippen LogP contribution in [-0.4, -0.2) is 29.8 Å². The van der Waals surface area contributed by atoms with Crippen LogP contribution >= 0.6 is 0 Å². The summed E-state index contributed by atoms with van der Waals surface area (Å²) in [6.45, 7) is 1.60. The number of nitrogens with one attached hydrogen (secondary N) is 2. The van der Waals surface area contributed by atoms with E-state index in [1.807, 2.05) is 12.1 Å². The second-order valence-electron chi connectivity index (χ2n) is 3.10. The first kappa shape index (κ1) is 10.9. The van der Waals surface area contributed by atoms with Crippen LogP contribution in [0, 0.1) is 0 Å². The predicted octanol–water partition coefficient (Wildman–Crippen LogP) is -0.111. The van der Waals surface area contributed by atoms with Crippen LogP contribution in [0.15, 0.2) is 23.1 Å². The molecule has 0 unspecified atom stereocenters. The van der Waals surface area contributed by atoms with E-state index < -0.39 is 0 Å². The van der Waals surface area contributed by atoms with Gasteiger partial charge in [0.15, 0.2) is 0 Å². The van der Waals surface area contributed by atoms with E-state index in [0.717, 1.165) is 24.9 Å². The van der Waals surface area contributed by atoms with E-state index in [2.05, 4.69) is 10.3 Å². The molecular formula is C10H16N2O2. The summed E-state index contributed by atoms with van der Waals surface area (Å²) < 4.78 is 0. The quantitative estimate of drug-likeness (QED) is 0.556. The molecule has 0 aliphatic heterocycles. The maximum Gasteiger partial charge on any atom is 0.251 e. The zero-order valence-corrected chi connectivity index (χ0v) is 8.12. The van der Waals surface area contributed by atoms with Crippen LogP contribution in [0.25, 0.3) is 0 Å². The summed E-state index contributed by atoms with van der Waals surface area (Å²) in [6, 6.07) is 3.67. The fourth-order valence-electron chi connectivity index (χ4n) is 1.26. The van der Waals surface area contributed by atoms with Gasteiger partial charge in [-0.25, -0.2) is 0 Å². The molecule has 0 amide bonds. The highest BCUT2D eigenvalue weighted by Gasteiger charge is 1.96. The Morgan fingerprint density at radius 2 is 2.29 bits per heavy atom. The molecule has 4 nitrogen and oxygen atoms in total. The monoisotopic (exact) mass is 196 g/mol. The Hall–Kier alpha value is -1.13. The van der Waals surface area contributed by atoms with Crippen LogP contribution in [0.2, 0.25) is 0 Å². The van der Waals surface area contributed by atoms with Gasteiger partial charge in [0, 0.05) is 18.3 Å². The van der Waals surface area contributed by atoms with Crippen molar-refractivity contribution in [3.05, 3.63) is 34.2 Å². The van der Waals surface area contributed by atoms with Gasteiger partial charge in [0.2, 0.25) is 0 Å². The van der Waals surface area contributed by atoms with Crippen molar-refractivity contribution in [1.82, 2.24) is 10.3 Å². The highest BCUT2D eigenvalue weighted by molar-refractivity contribution is 5.08. The number of aryl methyl sites for hydroxylation is 1. The number of hydrogen-bond donors (Lipinski definition) is 3. The third-order valence-corrected chi connectivity index (χ3v) is 1.99. The van der Waals surface area contributed by atoms with Crippen molar-refractivity contribution in [3.63, 3.8) is 0 Å². The first-order chi connectivity index (χ1) is 6.84. The van der Waals surface area contributed by atoms with E-state index in [0.29, 0.717) is 6.54 Å². The van der Waals surface area contributed by atoms with Crippen LogP contribution in [0.4, 0.5) is 0 Å². The zero-order valence-electron chi connectivity index (χ0n) is 8.12. The van der Waals surface area contributed by atoms with E-state index in [4.69, 9.17) is 5.11 Å². The molecule has 0 saturated heterocycles. The van der Waals surface area contributed by atoms with Gasteiger partial charge in [0.05, 0.1) is 6.61 Å². The molecule has 1 aromatic rings. The molecule has 0 saturated carbocycles. The molecule has 0 radical (unpaired) electrons. The van der Waals surface area contributed by atoms with Crippen molar-refractivity contribution in [2.24, 2.45) is 0 Å². The number of aromatic nitrogens is 1. The molecule has 78 valence electrons. The summed E-state index contributed by atoms with van der Waals surface area (Å²) in [6.07, 6.45) is 3.32. The zero-order chi connectivity index (χ0) is 10.2. The fraction of sp³-hybridized carbons (Fsp3) is 0.500. The van der Waals surface area contributed by atoms with Crippen LogP contribution in [-0.2, 0) is 6.42 Å². The minimum absolute atomic E-state index is 0.00495. The second kappa shape index (κ2) is 6.34. The molecule has 0 aliphatic rings. The highest BCUT2D eigenvalue weighted by Crippen LogP contribution is 1.93. The maximum atomic E-state index is 11.2. The lowest BCUT2D eigenvalue weighted by atomic mass is 10.1. The summed E-state index contributed by atoms with van der Waals surface area (Å²) in [5.74, 6) is 0. The van der Waals surface area contributed by atoms with Gasteiger partial charge in [-0.15, -0.1) is 0 Å². The Labute approximate surface area is 83.0 Å². The van der Waals surface area contributed by atoms with Gasteiger partial charge in [-0.1, -0.05) is 6.07 Å². The van der Waals surface area contributed by atoms with E-state index in [1.54, 1.807) is 6.20 Å². The summed E-state index contributed by atoms with van der Waals surface area (Å²) in [5.41, 5.74) is 0.813. The number of hydrogen-bond acceptors (Lipinski definition) is 3. The van der Waals surface area contributed by atoms with Crippen molar-refractivity contribution in [1.29, 1.82) is 0 Å². The molecule has 3 N–H and O–H groups in total. The molecule has 0 aliphatic carbocycles. The van der Waals surface area contributed by atoms with Gasteiger partial charge >= 0.3 is 0 Å². The van der Waals surface area contributed by atoms with Crippen molar-refractivity contribution in [2.45, 2.75) is 12.8 Å². The lowest BCUT2D eigenvalue weighted by Crippen LogP contribution is -2.20. The molecule has 0 spiro atoms. The van der Waals surface area contributed by atoms with Gasteiger partial charge < -0.3 is 15.4 Å². The van der Waals surface area contributed by atoms with Gasteiger partial charge in [0.25, 0.3) is 5.56 Å². The first-order valence-corrected chi connectivity index (χ1v) is 4.83. The number of aromatic amines is 1. The first-order valence-electron chi connectivity index (χ1n) is 4.83. The smallest absolute Gasteiger partial charge is 0.251 e. The topological polar surface area (TPSA) is 65.1 Å². The summed E-state index contributed by atoms with van der Waals surface area (Å²) >= 11 is 0. The summed E-state index contributed by atoms with van der Waals surface area (Å²) in [5, 5.41) is 11.6. The van der Waals surface area contributed by atoms with Crippen LogP contribution in [0.1, 0.15) is 12.0 Å². The lowest BCUT2D eigenvalue weighted by Gasteiger charge is -2.01. The fourth-order valence-corrected chi connectivity index (χ4v) is 1.26. The van der Waals surface area contributed by atoms with Crippen LogP contribution in [0.5, 0.6) is 0 Å². The lowest BCUT2D eigenvalue weighted by molar-refractivity contribution is 0.292. The van der Waals surface area contributed by atoms with Crippen LogP contribution in [0.3, 0.4) is 0 Å². The van der Waals surface area contributed by atoms with Gasteiger partial charge in [0.1, 0.15) is 0 Å². The molecular weight excluding hydrogens is 180 g/mol. The van der Waals surface area contributed by atoms with Crippen molar-refractivity contribution < 1.29 is 5.11 Å². The second-order valence-corrected chi connectivity index (χ2v) is 3.10. The molecule has 1 rings (SSSR count).